The number of aromatic carboxylic acids is 1. The van der Waals surface area contributed by atoms with E-state index in [4.69, 9.17) is 9.84 Å². The third kappa shape index (κ3) is 8.55. The van der Waals surface area contributed by atoms with Crippen molar-refractivity contribution in [3.05, 3.63) is 65.2 Å². The van der Waals surface area contributed by atoms with Crippen LogP contribution >= 0.6 is 11.8 Å². The first-order chi connectivity index (χ1) is 15.6. The maximum Gasteiger partial charge on any atom is 0.335 e. The summed E-state index contributed by atoms with van der Waals surface area (Å²) in [6, 6.07) is 15.0. The zero-order chi connectivity index (χ0) is 22.6. The van der Waals surface area contributed by atoms with E-state index in [0.29, 0.717) is 24.7 Å². The highest BCUT2D eigenvalue weighted by atomic mass is 32.2. The van der Waals surface area contributed by atoms with Gasteiger partial charge in [0.2, 0.25) is 5.91 Å². The Morgan fingerprint density at radius 2 is 1.81 bits per heavy atom. The molecule has 0 spiro atoms. The number of nitrogens with zero attached hydrogens (tertiary/aromatic N) is 1. The van der Waals surface area contributed by atoms with Gasteiger partial charge in [0.25, 0.3) is 0 Å². The van der Waals surface area contributed by atoms with Gasteiger partial charge >= 0.3 is 5.97 Å². The molecule has 0 radical (unpaired) electrons. The van der Waals surface area contributed by atoms with Crippen LogP contribution < -0.4 is 10.1 Å². The topological polar surface area (TPSA) is 78.9 Å². The molecule has 172 valence electrons. The van der Waals surface area contributed by atoms with Crippen LogP contribution in [-0.4, -0.2) is 53.9 Å². The summed E-state index contributed by atoms with van der Waals surface area (Å²) in [5, 5.41) is 11.8. The summed E-state index contributed by atoms with van der Waals surface area (Å²) in [5.41, 5.74) is 2.56. The second kappa shape index (κ2) is 13.1. The number of piperidine rings is 1. The lowest BCUT2D eigenvalue weighted by Crippen LogP contribution is -2.29. The highest BCUT2D eigenvalue weighted by Crippen LogP contribution is 2.18. The molecule has 0 saturated carbocycles. The minimum atomic E-state index is -0.933. The average Bonchev–Trinajstić information content (AvgIpc) is 2.80. The quantitative estimate of drug-likeness (QED) is 0.466. The number of benzene rings is 2. The zero-order valence-electron chi connectivity index (χ0n) is 18.4. The SMILES string of the molecule is O=C(CSCc1ccc(C(=O)O)cc1)NCCCOc1cccc(CN2CCCCC2)c1. The standard InChI is InChI=1S/C25H32N2O4S/c28-24(19-32-18-20-8-10-22(11-9-20)25(29)30)26-12-5-15-31-23-7-4-6-21(16-23)17-27-13-2-1-3-14-27/h4,6-11,16H,1-3,5,12-15,17-19H2,(H,26,28)(H,29,30). The van der Waals surface area contributed by atoms with Gasteiger partial charge in [-0.25, -0.2) is 4.79 Å². The summed E-state index contributed by atoms with van der Waals surface area (Å²) in [4.78, 5) is 25.4. The lowest BCUT2D eigenvalue weighted by atomic mass is 10.1. The third-order valence-electron chi connectivity index (χ3n) is 5.37. The molecule has 0 aromatic heterocycles. The number of carboxylic acid groups (broad SMARTS) is 1. The molecule has 0 unspecified atom stereocenters. The summed E-state index contributed by atoms with van der Waals surface area (Å²) >= 11 is 1.51. The number of hydrogen-bond acceptors (Lipinski definition) is 5. The van der Waals surface area contributed by atoms with Crippen LogP contribution in [0.4, 0.5) is 0 Å². The lowest BCUT2D eigenvalue weighted by molar-refractivity contribution is -0.118. The molecule has 1 aliphatic heterocycles. The van der Waals surface area contributed by atoms with Crippen LogP contribution in [0.1, 0.15) is 47.2 Å². The van der Waals surface area contributed by atoms with Crippen molar-refractivity contribution in [3.8, 4) is 5.75 Å². The fourth-order valence-electron chi connectivity index (χ4n) is 3.66. The van der Waals surface area contributed by atoms with Gasteiger partial charge in [-0.05, 0) is 67.7 Å². The largest absolute Gasteiger partial charge is 0.494 e. The van der Waals surface area contributed by atoms with Gasteiger partial charge in [-0.1, -0.05) is 30.7 Å². The highest BCUT2D eigenvalue weighted by Gasteiger charge is 2.10. The fourth-order valence-corrected chi connectivity index (χ4v) is 4.47. The number of nitrogens with one attached hydrogen (secondary N) is 1. The smallest absolute Gasteiger partial charge is 0.335 e. The molecule has 1 heterocycles. The normalized spacial score (nSPS) is 14.1. The van der Waals surface area contributed by atoms with E-state index in [1.54, 1.807) is 24.3 Å². The van der Waals surface area contributed by atoms with Crippen molar-refractivity contribution in [1.82, 2.24) is 10.2 Å². The molecule has 6 nitrogen and oxygen atoms in total. The molecule has 1 aliphatic rings. The summed E-state index contributed by atoms with van der Waals surface area (Å²) in [6.07, 6.45) is 4.68. The van der Waals surface area contributed by atoms with Crippen LogP contribution in [0.2, 0.25) is 0 Å². The van der Waals surface area contributed by atoms with E-state index in [9.17, 15) is 9.59 Å². The van der Waals surface area contributed by atoms with Gasteiger partial charge in [0.15, 0.2) is 0 Å². The van der Waals surface area contributed by atoms with Gasteiger partial charge in [0.1, 0.15) is 5.75 Å². The van der Waals surface area contributed by atoms with E-state index in [-0.39, 0.29) is 11.5 Å². The molecule has 2 N–H and O–H groups in total. The predicted molar refractivity (Wildman–Crippen MR) is 128 cm³/mol. The fraction of sp³-hybridized carbons (Fsp3) is 0.440. The summed E-state index contributed by atoms with van der Waals surface area (Å²) in [7, 11) is 0. The number of likely N-dealkylation sites (tertiary alicyclic amines) is 1. The third-order valence-corrected chi connectivity index (χ3v) is 6.37. The number of ether oxygens (including phenoxy) is 1. The number of amides is 1. The molecule has 7 heteroatoms. The monoisotopic (exact) mass is 456 g/mol. The van der Waals surface area contributed by atoms with Crippen LogP contribution in [0, 0.1) is 0 Å². The van der Waals surface area contributed by atoms with Gasteiger partial charge in [-0.2, -0.15) is 0 Å². The molecule has 0 aliphatic carbocycles. The molecular formula is C25H32N2O4S. The molecule has 1 fully saturated rings. The van der Waals surface area contributed by atoms with Crippen molar-refractivity contribution in [2.24, 2.45) is 0 Å². The summed E-state index contributed by atoms with van der Waals surface area (Å²) < 4.78 is 5.87. The first-order valence-corrected chi connectivity index (χ1v) is 12.4. The van der Waals surface area contributed by atoms with Crippen molar-refractivity contribution in [2.75, 3.05) is 32.0 Å². The van der Waals surface area contributed by atoms with Crippen LogP contribution in [0.15, 0.2) is 48.5 Å². The lowest BCUT2D eigenvalue weighted by Gasteiger charge is -2.26. The molecule has 2 aromatic carbocycles. The number of carbonyl (C=O) groups is 2. The van der Waals surface area contributed by atoms with Gasteiger partial charge in [-0.3, -0.25) is 9.69 Å². The van der Waals surface area contributed by atoms with E-state index in [1.807, 2.05) is 12.1 Å². The zero-order valence-corrected chi connectivity index (χ0v) is 19.2. The molecule has 0 bridgehead atoms. The Bertz CT molecular complexity index is 867. The van der Waals surface area contributed by atoms with Crippen LogP contribution in [0.5, 0.6) is 5.75 Å². The Hall–Kier alpha value is -2.51. The van der Waals surface area contributed by atoms with Gasteiger partial charge < -0.3 is 15.2 Å². The van der Waals surface area contributed by atoms with E-state index < -0.39 is 5.97 Å². The Kier molecular flexibility index (Phi) is 9.91. The number of thioether (sulfide) groups is 1. The molecule has 1 saturated heterocycles. The Balaban J connectivity index is 1.26. The van der Waals surface area contributed by atoms with Gasteiger partial charge in [0.05, 0.1) is 17.9 Å². The van der Waals surface area contributed by atoms with E-state index in [1.165, 1.54) is 49.7 Å². The maximum atomic E-state index is 12.0. The van der Waals surface area contributed by atoms with E-state index in [2.05, 4.69) is 22.3 Å². The average molecular weight is 457 g/mol. The van der Waals surface area contributed by atoms with Gasteiger partial charge in [0, 0.05) is 18.8 Å². The molecule has 1 amide bonds. The molecule has 2 aromatic rings. The second-order valence-electron chi connectivity index (χ2n) is 8.03. The Morgan fingerprint density at radius 1 is 1.03 bits per heavy atom. The molecule has 0 atom stereocenters. The minimum Gasteiger partial charge on any atom is -0.494 e. The second-order valence-corrected chi connectivity index (χ2v) is 9.02. The van der Waals surface area contributed by atoms with Crippen molar-refractivity contribution in [3.63, 3.8) is 0 Å². The number of carboxylic acids is 1. The van der Waals surface area contributed by atoms with E-state index in [0.717, 1.165) is 24.3 Å². The Labute approximate surface area is 194 Å². The minimum absolute atomic E-state index is 0.000634. The molecular weight excluding hydrogens is 424 g/mol. The summed E-state index contributed by atoms with van der Waals surface area (Å²) in [5.74, 6) is 0.998. The highest BCUT2D eigenvalue weighted by molar-refractivity contribution is 7.99. The van der Waals surface area contributed by atoms with E-state index >= 15 is 0 Å². The maximum absolute atomic E-state index is 12.0. The summed E-state index contributed by atoms with van der Waals surface area (Å²) in [6.45, 7) is 4.49. The van der Waals surface area contributed by atoms with Crippen molar-refractivity contribution in [1.29, 1.82) is 0 Å². The first-order valence-electron chi connectivity index (χ1n) is 11.2. The van der Waals surface area contributed by atoms with Crippen LogP contribution in [0.3, 0.4) is 0 Å². The van der Waals surface area contributed by atoms with Crippen LogP contribution in [-0.2, 0) is 17.1 Å². The van der Waals surface area contributed by atoms with Gasteiger partial charge in [-0.15, -0.1) is 11.8 Å². The number of hydrogen-bond donors (Lipinski definition) is 2. The molecule has 3 rings (SSSR count). The molecule has 32 heavy (non-hydrogen) atoms. The van der Waals surface area contributed by atoms with Crippen molar-refractivity contribution in [2.45, 2.75) is 38.0 Å². The Morgan fingerprint density at radius 3 is 2.56 bits per heavy atom. The number of carbonyl (C=O) groups excluding carboxylic acids is 1. The predicted octanol–water partition coefficient (Wildman–Crippen LogP) is 4.19. The number of rotatable bonds is 12. The van der Waals surface area contributed by atoms with Crippen LogP contribution in [0.25, 0.3) is 0 Å². The van der Waals surface area contributed by atoms with Crippen molar-refractivity contribution < 1.29 is 19.4 Å². The first kappa shape index (κ1) is 24.1. The van der Waals surface area contributed by atoms with Crippen molar-refractivity contribution >= 4 is 23.6 Å².